The van der Waals surface area contributed by atoms with Crippen molar-refractivity contribution < 1.29 is 14.4 Å². The summed E-state index contributed by atoms with van der Waals surface area (Å²) in [5.74, 6) is -0.827. The van der Waals surface area contributed by atoms with Crippen molar-refractivity contribution in [2.24, 2.45) is 5.92 Å². The summed E-state index contributed by atoms with van der Waals surface area (Å²) in [5.41, 5.74) is 4.17. The van der Waals surface area contributed by atoms with Crippen molar-refractivity contribution in [3.05, 3.63) is 53.6 Å². The second kappa shape index (κ2) is 8.25. The lowest BCUT2D eigenvalue weighted by Crippen LogP contribution is -2.28. The molecule has 2 aromatic carbocycles. The van der Waals surface area contributed by atoms with Crippen LogP contribution in [-0.4, -0.2) is 24.3 Å². The predicted octanol–water partition coefficient (Wildman–Crippen LogP) is 3.51. The molecule has 2 aromatic rings. The molecule has 1 saturated heterocycles. The standard InChI is InChI=1S/C22H25N3O3/c1-4-16-6-9-19(10-7-16)25-13-17(11-21(25)27)22(28)24-20-12-18(23-15(3)26)8-5-14(20)2/h5-10,12,17H,4,11,13H2,1-3H3,(H,23,26)(H,24,28). The zero-order valence-electron chi connectivity index (χ0n) is 16.4. The molecule has 28 heavy (non-hydrogen) atoms. The lowest BCUT2D eigenvalue weighted by atomic mass is 10.1. The molecular formula is C22H25N3O3. The van der Waals surface area contributed by atoms with Crippen LogP contribution in [0.5, 0.6) is 0 Å². The van der Waals surface area contributed by atoms with Gasteiger partial charge in [-0.2, -0.15) is 0 Å². The van der Waals surface area contributed by atoms with E-state index in [1.165, 1.54) is 12.5 Å². The summed E-state index contributed by atoms with van der Waals surface area (Å²) in [6.07, 6.45) is 1.13. The van der Waals surface area contributed by atoms with Crippen LogP contribution in [-0.2, 0) is 20.8 Å². The fourth-order valence-corrected chi connectivity index (χ4v) is 3.32. The SMILES string of the molecule is CCc1ccc(N2CC(C(=O)Nc3cc(NC(C)=O)ccc3C)CC2=O)cc1. The van der Waals surface area contributed by atoms with Gasteiger partial charge in [-0.05, 0) is 48.7 Å². The maximum absolute atomic E-state index is 12.7. The highest BCUT2D eigenvalue weighted by Crippen LogP contribution is 2.27. The molecule has 1 fully saturated rings. The van der Waals surface area contributed by atoms with Gasteiger partial charge in [0.25, 0.3) is 0 Å². The Morgan fingerprint density at radius 2 is 1.82 bits per heavy atom. The van der Waals surface area contributed by atoms with Gasteiger partial charge in [0.05, 0.1) is 5.92 Å². The number of carbonyl (C=O) groups excluding carboxylic acids is 3. The van der Waals surface area contributed by atoms with Crippen molar-refractivity contribution in [3.63, 3.8) is 0 Å². The molecule has 6 heteroatoms. The topological polar surface area (TPSA) is 78.5 Å². The van der Waals surface area contributed by atoms with Crippen molar-refractivity contribution in [3.8, 4) is 0 Å². The van der Waals surface area contributed by atoms with Gasteiger partial charge in [-0.3, -0.25) is 14.4 Å². The van der Waals surface area contributed by atoms with E-state index in [1.54, 1.807) is 17.0 Å². The summed E-state index contributed by atoms with van der Waals surface area (Å²) >= 11 is 0. The summed E-state index contributed by atoms with van der Waals surface area (Å²) < 4.78 is 0. The van der Waals surface area contributed by atoms with E-state index in [4.69, 9.17) is 0 Å². The molecule has 1 aliphatic heterocycles. The largest absolute Gasteiger partial charge is 0.326 e. The van der Waals surface area contributed by atoms with E-state index in [2.05, 4.69) is 17.6 Å². The smallest absolute Gasteiger partial charge is 0.229 e. The van der Waals surface area contributed by atoms with E-state index in [9.17, 15) is 14.4 Å². The number of benzene rings is 2. The molecule has 0 bridgehead atoms. The normalized spacial score (nSPS) is 16.2. The first kappa shape index (κ1) is 19.6. The highest BCUT2D eigenvalue weighted by Gasteiger charge is 2.35. The van der Waals surface area contributed by atoms with E-state index in [-0.39, 0.29) is 24.1 Å². The third-order valence-corrected chi connectivity index (χ3v) is 4.97. The first-order chi connectivity index (χ1) is 13.4. The van der Waals surface area contributed by atoms with Crippen molar-refractivity contribution in [2.45, 2.75) is 33.6 Å². The lowest BCUT2D eigenvalue weighted by Gasteiger charge is -2.17. The lowest BCUT2D eigenvalue weighted by molar-refractivity contribution is -0.122. The maximum Gasteiger partial charge on any atom is 0.229 e. The predicted molar refractivity (Wildman–Crippen MR) is 110 cm³/mol. The summed E-state index contributed by atoms with van der Waals surface area (Å²) in [4.78, 5) is 38.1. The second-order valence-electron chi connectivity index (χ2n) is 7.13. The summed E-state index contributed by atoms with van der Waals surface area (Å²) in [6.45, 7) is 5.76. The van der Waals surface area contributed by atoms with Gasteiger partial charge in [0, 0.05) is 37.0 Å². The van der Waals surface area contributed by atoms with Gasteiger partial charge in [0.15, 0.2) is 0 Å². The van der Waals surface area contributed by atoms with Gasteiger partial charge in [-0.15, -0.1) is 0 Å². The number of anilines is 3. The maximum atomic E-state index is 12.7. The summed E-state index contributed by atoms with van der Waals surface area (Å²) in [5, 5.41) is 5.61. The second-order valence-corrected chi connectivity index (χ2v) is 7.13. The van der Waals surface area contributed by atoms with Crippen molar-refractivity contribution in [1.82, 2.24) is 0 Å². The molecule has 0 spiro atoms. The number of hydrogen-bond acceptors (Lipinski definition) is 3. The fourth-order valence-electron chi connectivity index (χ4n) is 3.32. The third-order valence-electron chi connectivity index (χ3n) is 4.97. The average molecular weight is 379 g/mol. The van der Waals surface area contributed by atoms with Crippen LogP contribution in [0.15, 0.2) is 42.5 Å². The Labute approximate surface area is 164 Å². The zero-order chi connectivity index (χ0) is 20.3. The molecule has 2 N–H and O–H groups in total. The van der Waals surface area contributed by atoms with E-state index >= 15 is 0 Å². The van der Waals surface area contributed by atoms with Crippen LogP contribution in [0.4, 0.5) is 17.1 Å². The van der Waals surface area contributed by atoms with Crippen molar-refractivity contribution >= 4 is 34.8 Å². The van der Waals surface area contributed by atoms with Gasteiger partial charge in [-0.25, -0.2) is 0 Å². The van der Waals surface area contributed by atoms with Crippen LogP contribution >= 0.6 is 0 Å². The molecule has 146 valence electrons. The summed E-state index contributed by atoms with van der Waals surface area (Å²) in [7, 11) is 0. The molecule has 1 aliphatic rings. The molecule has 3 amide bonds. The molecule has 1 unspecified atom stereocenters. The molecule has 0 aliphatic carbocycles. The minimum atomic E-state index is -0.415. The molecule has 0 aromatic heterocycles. The van der Waals surface area contributed by atoms with Gasteiger partial charge < -0.3 is 15.5 Å². The molecule has 3 rings (SSSR count). The Morgan fingerprint density at radius 1 is 1.11 bits per heavy atom. The number of carbonyl (C=O) groups is 3. The molecular weight excluding hydrogens is 354 g/mol. The number of hydrogen-bond donors (Lipinski definition) is 2. The first-order valence-electron chi connectivity index (χ1n) is 9.45. The number of amides is 3. The van der Waals surface area contributed by atoms with Gasteiger partial charge in [0.1, 0.15) is 0 Å². The Morgan fingerprint density at radius 3 is 2.46 bits per heavy atom. The fraction of sp³-hybridized carbons (Fsp3) is 0.318. The minimum absolute atomic E-state index is 0.0480. The monoisotopic (exact) mass is 379 g/mol. The van der Waals surface area contributed by atoms with E-state index in [0.717, 1.165) is 17.7 Å². The molecule has 6 nitrogen and oxygen atoms in total. The van der Waals surface area contributed by atoms with Crippen molar-refractivity contribution in [1.29, 1.82) is 0 Å². The van der Waals surface area contributed by atoms with E-state index in [0.29, 0.717) is 17.9 Å². The van der Waals surface area contributed by atoms with Crippen LogP contribution in [0.3, 0.4) is 0 Å². The van der Waals surface area contributed by atoms with Crippen LogP contribution in [0.25, 0.3) is 0 Å². The van der Waals surface area contributed by atoms with Crippen LogP contribution in [0, 0.1) is 12.8 Å². The summed E-state index contributed by atoms with van der Waals surface area (Å²) in [6, 6.07) is 13.2. The Bertz CT molecular complexity index is 906. The van der Waals surface area contributed by atoms with Gasteiger partial charge >= 0.3 is 0 Å². The van der Waals surface area contributed by atoms with Gasteiger partial charge in [0.2, 0.25) is 17.7 Å². The highest BCUT2D eigenvalue weighted by atomic mass is 16.2. The van der Waals surface area contributed by atoms with Crippen LogP contribution in [0.2, 0.25) is 0 Å². The average Bonchev–Trinajstić information content (AvgIpc) is 3.06. The molecule has 1 atom stereocenters. The number of nitrogens with one attached hydrogen (secondary N) is 2. The van der Waals surface area contributed by atoms with Crippen molar-refractivity contribution in [2.75, 3.05) is 22.1 Å². The van der Waals surface area contributed by atoms with E-state index < -0.39 is 5.92 Å². The van der Waals surface area contributed by atoms with E-state index in [1.807, 2.05) is 37.3 Å². The third kappa shape index (κ3) is 4.39. The minimum Gasteiger partial charge on any atom is -0.326 e. The Kier molecular flexibility index (Phi) is 5.78. The number of rotatable bonds is 5. The quantitative estimate of drug-likeness (QED) is 0.834. The highest BCUT2D eigenvalue weighted by molar-refractivity contribution is 6.04. The van der Waals surface area contributed by atoms with Crippen LogP contribution in [0.1, 0.15) is 31.4 Å². The van der Waals surface area contributed by atoms with Crippen LogP contribution < -0.4 is 15.5 Å². The Hall–Kier alpha value is -3.15. The Balaban J connectivity index is 1.70. The molecule has 0 radical (unpaired) electrons. The number of nitrogens with zero attached hydrogens (tertiary/aromatic N) is 1. The number of aryl methyl sites for hydroxylation is 2. The van der Waals surface area contributed by atoms with Gasteiger partial charge in [-0.1, -0.05) is 25.1 Å². The zero-order valence-corrected chi connectivity index (χ0v) is 16.4. The molecule has 1 heterocycles. The first-order valence-corrected chi connectivity index (χ1v) is 9.45. The molecule has 0 saturated carbocycles.